The number of hydrogen-bond acceptors (Lipinski definition) is 5. The Hall–Kier alpha value is -1.64. The zero-order chi connectivity index (χ0) is 16.2. The number of ether oxygens (including phenoxy) is 1. The van der Waals surface area contributed by atoms with Crippen LogP contribution in [-0.4, -0.2) is 33.5 Å². The molecule has 0 aromatic heterocycles. The number of anilines is 1. The molecule has 2 rings (SSSR count). The van der Waals surface area contributed by atoms with Gasteiger partial charge < -0.3 is 4.74 Å². The monoisotopic (exact) mass is 328 g/mol. The van der Waals surface area contributed by atoms with Gasteiger partial charge in [0, 0.05) is 18.6 Å². The van der Waals surface area contributed by atoms with Gasteiger partial charge in [0.1, 0.15) is 0 Å². The van der Waals surface area contributed by atoms with Crippen molar-refractivity contribution in [3.05, 3.63) is 29.3 Å². The van der Waals surface area contributed by atoms with Gasteiger partial charge >= 0.3 is 0 Å². The highest BCUT2D eigenvalue weighted by Crippen LogP contribution is 2.18. The number of rotatable bonds is 5. The summed E-state index contributed by atoms with van der Waals surface area (Å²) >= 11 is 0. The molecule has 0 spiro atoms. The van der Waals surface area contributed by atoms with Crippen molar-refractivity contribution in [1.29, 1.82) is 0 Å². The van der Waals surface area contributed by atoms with Crippen molar-refractivity contribution in [3.63, 3.8) is 0 Å². The molecule has 8 heteroatoms. The third-order valence-electron chi connectivity index (χ3n) is 3.22. The van der Waals surface area contributed by atoms with Crippen molar-refractivity contribution in [2.75, 3.05) is 17.6 Å². The zero-order valence-corrected chi connectivity index (χ0v) is 13.4. The smallest absolute Gasteiger partial charge is 0.275 e. The number of amides is 1. The Bertz CT molecular complexity index is 639. The minimum Gasteiger partial charge on any atom is -0.350 e. The Labute approximate surface area is 130 Å². The van der Waals surface area contributed by atoms with Gasteiger partial charge in [0.25, 0.3) is 5.91 Å². The summed E-state index contributed by atoms with van der Waals surface area (Å²) in [5.74, 6) is -0.453. The van der Waals surface area contributed by atoms with Crippen LogP contribution in [0.2, 0.25) is 0 Å². The van der Waals surface area contributed by atoms with Gasteiger partial charge in [-0.05, 0) is 37.5 Å². The molecule has 1 fully saturated rings. The van der Waals surface area contributed by atoms with Gasteiger partial charge in [-0.25, -0.2) is 18.7 Å². The molecule has 122 valence electrons. The fourth-order valence-electron chi connectivity index (χ4n) is 2.06. The summed E-state index contributed by atoms with van der Waals surface area (Å²) in [6, 6.07) is 4.74. The molecule has 0 radical (unpaired) electrons. The molecular formula is C14H20N2O5S. The van der Waals surface area contributed by atoms with E-state index in [2.05, 4.69) is 10.2 Å². The molecule has 1 saturated heterocycles. The van der Waals surface area contributed by atoms with Crippen LogP contribution in [0.4, 0.5) is 5.69 Å². The molecule has 0 bridgehead atoms. The largest absolute Gasteiger partial charge is 0.350 e. The number of carbonyl (C=O) groups excluding carboxylic acids is 1. The fraction of sp³-hybridized carbons (Fsp3) is 0.500. The van der Waals surface area contributed by atoms with E-state index in [0.29, 0.717) is 17.9 Å². The first-order chi connectivity index (χ1) is 10.3. The van der Waals surface area contributed by atoms with E-state index in [1.807, 2.05) is 0 Å². The Morgan fingerprint density at radius 1 is 1.36 bits per heavy atom. The van der Waals surface area contributed by atoms with Crippen LogP contribution in [0.5, 0.6) is 0 Å². The Balaban J connectivity index is 2.01. The number of aryl methyl sites for hydroxylation is 1. The number of carbonyl (C=O) groups is 1. The summed E-state index contributed by atoms with van der Waals surface area (Å²) in [5, 5.41) is 0. The molecule has 1 atom stereocenters. The highest BCUT2D eigenvalue weighted by molar-refractivity contribution is 7.92. The van der Waals surface area contributed by atoms with Crippen molar-refractivity contribution in [2.24, 2.45) is 0 Å². The predicted octanol–water partition coefficient (Wildman–Crippen LogP) is 1.55. The first-order valence-electron chi connectivity index (χ1n) is 7.01. The Morgan fingerprint density at radius 2 is 2.14 bits per heavy atom. The van der Waals surface area contributed by atoms with E-state index in [-0.39, 0.29) is 0 Å². The molecule has 1 aromatic carbocycles. The molecule has 1 heterocycles. The highest BCUT2D eigenvalue weighted by Gasteiger charge is 2.17. The molecular weight excluding hydrogens is 308 g/mol. The standard InChI is InChI=1S/C14H20N2O5S/c1-10-6-7-11(9-12(10)16-22(2,18)19)14(17)15-21-13-5-3-4-8-20-13/h6-7,9,13,16H,3-5,8H2,1-2H3,(H,15,17)/t13-/m1/s1. The van der Waals surface area contributed by atoms with Gasteiger partial charge in [0.2, 0.25) is 10.0 Å². The van der Waals surface area contributed by atoms with Crippen molar-refractivity contribution < 1.29 is 22.8 Å². The number of benzene rings is 1. The molecule has 1 aromatic rings. The van der Waals surface area contributed by atoms with Crippen LogP contribution < -0.4 is 10.2 Å². The van der Waals surface area contributed by atoms with Gasteiger partial charge in [-0.1, -0.05) is 6.07 Å². The molecule has 0 aliphatic carbocycles. The van der Waals surface area contributed by atoms with Gasteiger partial charge in [-0.2, -0.15) is 0 Å². The third-order valence-corrected chi connectivity index (χ3v) is 3.81. The van der Waals surface area contributed by atoms with E-state index in [1.54, 1.807) is 19.1 Å². The first kappa shape index (κ1) is 16.7. The van der Waals surface area contributed by atoms with Crippen LogP contribution >= 0.6 is 0 Å². The van der Waals surface area contributed by atoms with Gasteiger partial charge in [0.15, 0.2) is 6.29 Å². The van der Waals surface area contributed by atoms with Crippen LogP contribution in [0.1, 0.15) is 35.2 Å². The normalized spacial score (nSPS) is 18.7. The molecule has 22 heavy (non-hydrogen) atoms. The van der Waals surface area contributed by atoms with E-state index in [4.69, 9.17) is 9.57 Å². The summed E-state index contributed by atoms with van der Waals surface area (Å²) in [4.78, 5) is 17.3. The highest BCUT2D eigenvalue weighted by atomic mass is 32.2. The molecule has 0 saturated carbocycles. The van der Waals surface area contributed by atoms with Crippen molar-refractivity contribution in [1.82, 2.24) is 5.48 Å². The second-order valence-electron chi connectivity index (χ2n) is 5.25. The number of hydroxylamine groups is 1. The van der Waals surface area contributed by atoms with E-state index in [9.17, 15) is 13.2 Å². The van der Waals surface area contributed by atoms with E-state index >= 15 is 0 Å². The average Bonchev–Trinajstić information content (AvgIpc) is 2.47. The average molecular weight is 328 g/mol. The van der Waals surface area contributed by atoms with Crippen molar-refractivity contribution in [2.45, 2.75) is 32.5 Å². The fourth-order valence-corrected chi connectivity index (χ4v) is 2.67. The van der Waals surface area contributed by atoms with E-state index in [1.165, 1.54) is 6.07 Å². The third kappa shape index (κ3) is 4.97. The molecule has 2 N–H and O–H groups in total. The maximum absolute atomic E-state index is 12.0. The summed E-state index contributed by atoms with van der Waals surface area (Å²) < 4.78 is 30.3. The number of sulfonamides is 1. The van der Waals surface area contributed by atoms with Gasteiger partial charge in [-0.15, -0.1) is 0 Å². The predicted molar refractivity (Wildman–Crippen MR) is 81.8 cm³/mol. The lowest BCUT2D eigenvalue weighted by Gasteiger charge is -2.22. The summed E-state index contributed by atoms with van der Waals surface area (Å²) in [6.07, 6.45) is 3.34. The quantitative estimate of drug-likeness (QED) is 0.800. The van der Waals surface area contributed by atoms with E-state index in [0.717, 1.165) is 31.1 Å². The second kappa shape index (κ2) is 7.08. The van der Waals surface area contributed by atoms with E-state index < -0.39 is 22.2 Å². The molecule has 1 aliphatic rings. The Kier molecular flexibility index (Phi) is 5.38. The Morgan fingerprint density at radius 3 is 2.77 bits per heavy atom. The molecule has 1 amide bonds. The summed E-state index contributed by atoms with van der Waals surface area (Å²) in [7, 11) is -3.40. The lowest BCUT2D eigenvalue weighted by molar-refractivity contribution is -0.186. The van der Waals surface area contributed by atoms with Gasteiger partial charge in [-0.3, -0.25) is 9.52 Å². The molecule has 1 aliphatic heterocycles. The van der Waals surface area contributed by atoms with Gasteiger partial charge in [0.05, 0.1) is 11.9 Å². The van der Waals surface area contributed by atoms with Crippen LogP contribution in [0.3, 0.4) is 0 Å². The minimum atomic E-state index is -3.40. The van der Waals surface area contributed by atoms with Crippen LogP contribution in [0, 0.1) is 6.92 Å². The number of hydrogen-bond donors (Lipinski definition) is 2. The first-order valence-corrected chi connectivity index (χ1v) is 8.90. The van der Waals surface area contributed by atoms with Crippen LogP contribution in [-0.2, 0) is 19.6 Å². The minimum absolute atomic E-state index is 0.299. The summed E-state index contributed by atoms with van der Waals surface area (Å²) in [6.45, 7) is 2.37. The zero-order valence-electron chi connectivity index (χ0n) is 12.6. The van der Waals surface area contributed by atoms with Crippen LogP contribution in [0.25, 0.3) is 0 Å². The molecule has 0 unspecified atom stereocenters. The summed E-state index contributed by atoms with van der Waals surface area (Å²) in [5.41, 5.74) is 3.72. The second-order valence-corrected chi connectivity index (χ2v) is 7.00. The lowest BCUT2D eigenvalue weighted by Crippen LogP contribution is -2.33. The maximum Gasteiger partial charge on any atom is 0.275 e. The SMILES string of the molecule is Cc1ccc(C(=O)NO[C@@H]2CCCCO2)cc1NS(C)(=O)=O. The maximum atomic E-state index is 12.0. The van der Waals surface area contributed by atoms with Crippen molar-refractivity contribution in [3.8, 4) is 0 Å². The topological polar surface area (TPSA) is 93.7 Å². The van der Waals surface area contributed by atoms with Crippen molar-refractivity contribution >= 4 is 21.6 Å². The van der Waals surface area contributed by atoms with Crippen LogP contribution in [0.15, 0.2) is 18.2 Å². The molecule has 7 nitrogen and oxygen atoms in total. The lowest BCUT2D eigenvalue weighted by atomic mass is 10.1. The number of nitrogens with one attached hydrogen (secondary N) is 2.